The molecule has 0 spiro atoms. The molecule has 2 fully saturated rings. The van der Waals surface area contributed by atoms with Crippen LogP contribution in [0.15, 0.2) is 24.3 Å². The number of carbonyl (C=O) groups excluding carboxylic acids is 2. The summed E-state index contributed by atoms with van der Waals surface area (Å²) in [6, 6.07) is 8.12. The van der Waals surface area contributed by atoms with Gasteiger partial charge in [-0.25, -0.2) is 0 Å². The Morgan fingerprint density at radius 1 is 1.20 bits per heavy atom. The fourth-order valence-corrected chi connectivity index (χ4v) is 5.79. The van der Waals surface area contributed by atoms with Gasteiger partial charge in [0.25, 0.3) is 5.91 Å². The Morgan fingerprint density at radius 3 is 2.67 bits per heavy atom. The molecule has 2 saturated heterocycles. The summed E-state index contributed by atoms with van der Waals surface area (Å²) in [7, 11) is 4.07. The van der Waals surface area contributed by atoms with Gasteiger partial charge in [-0.15, -0.1) is 11.3 Å². The summed E-state index contributed by atoms with van der Waals surface area (Å²) in [5.41, 5.74) is 0.946. The summed E-state index contributed by atoms with van der Waals surface area (Å²) in [5.74, 6) is 0.663. The van der Waals surface area contributed by atoms with Crippen LogP contribution >= 0.6 is 11.3 Å². The molecule has 2 aromatic rings. The van der Waals surface area contributed by atoms with Crippen LogP contribution < -0.4 is 0 Å². The second-order valence-corrected chi connectivity index (χ2v) is 9.65. The zero-order valence-electron chi connectivity index (χ0n) is 18.1. The maximum absolute atomic E-state index is 13.5. The van der Waals surface area contributed by atoms with Crippen LogP contribution in [0.3, 0.4) is 0 Å². The topological polar surface area (TPSA) is 53.1 Å². The van der Waals surface area contributed by atoms with Crippen molar-refractivity contribution >= 4 is 33.2 Å². The first-order valence-electron chi connectivity index (χ1n) is 10.8. The van der Waals surface area contributed by atoms with Crippen LogP contribution in [-0.2, 0) is 9.53 Å². The van der Waals surface area contributed by atoms with Crippen molar-refractivity contribution in [1.29, 1.82) is 0 Å². The molecular weight excluding hydrogens is 398 g/mol. The van der Waals surface area contributed by atoms with Crippen molar-refractivity contribution < 1.29 is 14.3 Å². The number of carbonyl (C=O) groups is 2. The van der Waals surface area contributed by atoms with Gasteiger partial charge >= 0.3 is 0 Å². The van der Waals surface area contributed by atoms with E-state index in [9.17, 15) is 9.59 Å². The number of amides is 2. The predicted molar refractivity (Wildman–Crippen MR) is 120 cm³/mol. The first-order chi connectivity index (χ1) is 14.4. The van der Waals surface area contributed by atoms with E-state index in [1.807, 2.05) is 29.0 Å². The molecule has 2 amide bonds. The maximum Gasteiger partial charge on any atom is 0.264 e. The standard InChI is InChI=1S/C23H31N3O3S/c1-16(27)26-12-13-29-19(15-26)21-18-6-4-5-7-20(18)30-22(21)23(28)25(3)14-17-8-10-24(2)11-9-17/h4-7,17,19H,8-15H2,1-3H3/t19-/m0/s1. The molecule has 0 aliphatic carbocycles. The molecule has 0 radical (unpaired) electrons. The number of thiophene rings is 1. The highest BCUT2D eigenvalue weighted by molar-refractivity contribution is 7.21. The third-order valence-corrected chi connectivity index (χ3v) is 7.55. The fourth-order valence-electron chi connectivity index (χ4n) is 4.54. The van der Waals surface area contributed by atoms with E-state index in [1.165, 1.54) is 0 Å². The summed E-state index contributed by atoms with van der Waals surface area (Å²) in [4.78, 5) is 32.3. The lowest BCUT2D eigenvalue weighted by Gasteiger charge is -2.33. The molecule has 4 rings (SSSR count). The van der Waals surface area contributed by atoms with E-state index in [0.29, 0.717) is 25.6 Å². The highest BCUT2D eigenvalue weighted by Gasteiger charge is 2.32. The predicted octanol–water partition coefficient (Wildman–Crippen LogP) is 3.23. The van der Waals surface area contributed by atoms with Gasteiger partial charge in [0.05, 0.1) is 18.0 Å². The highest BCUT2D eigenvalue weighted by atomic mass is 32.1. The van der Waals surface area contributed by atoms with Gasteiger partial charge in [-0.3, -0.25) is 9.59 Å². The molecule has 7 heteroatoms. The van der Waals surface area contributed by atoms with Gasteiger partial charge in [-0.05, 0) is 50.3 Å². The lowest BCUT2D eigenvalue weighted by molar-refractivity contribution is -0.136. The number of hydrogen-bond acceptors (Lipinski definition) is 5. The number of nitrogens with zero attached hydrogens (tertiary/aromatic N) is 3. The van der Waals surface area contributed by atoms with Gasteiger partial charge in [0.15, 0.2) is 0 Å². The van der Waals surface area contributed by atoms with Crippen molar-refractivity contribution in [3.63, 3.8) is 0 Å². The Labute approximate surface area is 182 Å². The quantitative estimate of drug-likeness (QED) is 0.749. The smallest absolute Gasteiger partial charge is 0.264 e. The number of rotatable bonds is 4. The molecule has 1 aromatic heterocycles. The van der Waals surface area contributed by atoms with Crippen LogP contribution in [0.25, 0.3) is 10.1 Å². The van der Waals surface area contributed by atoms with E-state index < -0.39 is 0 Å². The number of benzene rings is 1. The molecule has 1 aromatic carbocycles. The minimum absolute atomic E-state index is 0.0510. The van der Waals surface area contributed by atoms with E-state index in [1.54, 1.807) is 18.3 Å². The van der Waals surface area contributed by atoms with Crippen molar-refractivity contribution in [3.8, 4) is 0 Å². The van der Waals surface area contributed by atoms with Crippen molar-refractivity contribution in [2.45, 2.75) is 25.9 Å². The Bertz CT molecular complexity index is 920. The normalized spacial score (nSPS) is 21.2. The summed E-state index contributed by atoms with van der Waals surface area (Å²) in [6.45, 7) is 6.16. The third kappa shape index (κ3) is 4.38. The maximum atomic E-state index is 13.5. The largest absolute Gasteiger partial charge is 0.370 e. The monoisotopic (exact) mass is 429 g/mol. The molecule has 30 heavy (non-hydrogen) atoms. The van der Waals surface area contributed by atoms with Gasteiger partial charge in [-0.1, -0.05) is 18.2 Å². The number of fused-ring (bicyclic) bond motifs is 1. The van der Waals surface area contributed by atoms with Crippen molar-refractivity contribution in [2.24, 2.45) is 5.92 Å². The Balaban J connectivity index is 1.61. The van der Waals surface area contributed by atoms with Crippen molar-refractivity contribution in [1.82, 2.24) is 14.7 Å². The number of piperidine rings is 1. The molecule has 3 heterocycles. The average Bonchev–Trinajstić information content (AvgIpc) is 3.14. The average molecular weight is 430 g/mol. The highest BCUT2D eigenvalue weighted by Crippen LogP contribution is 2.39. The Hall–Kier alpha value is -1.96. The van der Waals surface area contributed by atoms with Crippen LogP contribution in [0, 0.1) is 5.92 Å². The third-order valence-electron chi connectivity index (χ3n) is 6.38. The van der Waals surface area contributed by atoms with Gasteiger partial charge in [0.2, 0.25) is 5.91 Å². The number of hydrogen-bond donors (Lipinski definition) is 0. The molecule has 1 atom stereocenters. The van der Waals surface area contributed by atoms with Crippen molar-refractivity contribution in [3.05, 3.63) is 34.7 Å². The van der Waals surface area contributed by atoms with E-state index in [0.717, 1.165) is 53.0 Å². The molecule has 0 saturated carbocycles. The van der Waals surface area contributed by atoms with Crippen molar-refractivity contribution in [2.75, 3.05) is 53.4 Å². The Kier molecular flexibility index (Phi) is 6.41. The summed E-state index contributed by atoms with van der Waals surface area (Å²) in [5, 5.41) is 1.06. The number of likely N-dealkylation sites (tertiary alicyclic amines) is 1. The molecule has 2 aliphatic heterocycles. The minimum Gasteiger partial charge on any atom is -0.370 e. The van der Waals surface area contributed by atoms with E-state index in [-0.39, 0.29) is 17.9 Å². The Morgan fingerprint density at radius 2 is 1.93 bits per heavy atom. The molecule has 162 valence electrons. The van der Waals surface area contributed by atoms with Gasteiger partial charge in [0.1, 0.15) is 6.10 Å². The molecule has 0 bridgehead atoms. The van der Waals surface area contributed by atoms with Gasteiger partial charge in [-0.2, -0.15) is 0 Å². The molecule has 6 nitrogen and oxygen atoms in total. The van der Waals surface area contributed by atoms with Crippen LogP contribution in [0.5, 0.6) is 0 Å². The molecule has 0 N–H and O–H groups in total. The lowest BCUT2D eigenvalue weighted by Crippen LogP contribution is -2.41. The van der Waals surface area contributed by atoms with E-state index in [4.69, 9.17) is 4.74 Å². The van der Waals surface area contributed by atoms with E-state index in [2.05, 4.69) is 24.1 Å². The zero-order chi connectivity index (χ0) is 21.3. The molecule has 0 unspecified atom stereocenters. The lowest BCUT2D eigenvalue weighted by atomic mass is 9.96. The van der Waals surface area contributed by atoms with Gasteiger partial charge < -0.3 is 19.4 Å². The summed E-state index contributed by atoms with van der Waals surface area (Å²) >= 11 is 1.54. The number of morpholine rings is 1. The number of ether oxygens (including phenoxy) is 1. The zero-order valence-corrected chi connectivity index (χ0v) is 18.9. The summed E-state index contributed by atoms with van der Waals surface area (Å²) in [6.07, 6.45) is 1.99. The second-order valence-electron chi connectivity index (χ2n) is 8.60. The second kappa shape index (κ2) is 9.04. The van der Waals surface area contributed by atoms with Crippen LogP contribution in [0.2, 0.25) is 0 Å². The van der Waals surface area contributed by atoms with Crippen LogP contribution in [0.1, 0.15) is 41.1 Å². The SMILES string of the molecule is CC(=O)N1CCO[C@H](c2c(C(=O)N(C)CC3CCN(C)CC3)sc3ccccc23)C1. The minimum atomic E-state index is -0.269. The fraction of sp³-hybridized carbons (Fsp3) is 0.565. The summed E-state index contributed by atoms with van der Waals surface area (Å²) < 4.78 is 7.17. The first kappa shape index (κ1) is 21.3. The van der Waals surface area contributed by atoms with Gasteiger partial charge in [0, 0.05) is 37.3 Å². The molecule has 2 aliphatic rings. The van der Waals surface area contributed by atoms with Crippen LogP contribution in [-0.4, -0.2) is 79.9 Å². The molecular formula is C23H31N3O3S. The first-order valence-corrected chi connectivity index (χ1v) is 11.6. The van der Waals surface area contributed by atoms with Crippen LogP contribution in [0.4, 0.5) is 0 Å². The van der Waals surface area contributed by atoms with E-state index >= 15 is 0 Å².